The molecule has 0 aliphatic carbocycles. The van der Waals surface area contributed by atoms with Gasteiger partial charge in [-0.2, -0.15) is 5.10 Å². The van der Waals surface area contributed by atoms with Crippen molar-refractivity contribution in [3.8, 4) is 0 Å². The predicted octanol–water partition coefficient (Wildman–Crippen LogP) is 2.10. The summed E-state index contributed by atoms with van der Waals surface area (Å²) in [6.07, 6.45) is 5.84. The third-order valence-corrected chi connectivity index (χ3v) is 2.20. The molecule has 0 saturated carbocycles. The van der Waals surface area contributed by atoms with Gasteiger partial charge in [-0.15, -0.1) is 0 Å². The lowest BCUT2D eigenvalue weighted by atomic mass is 10.2. The summed E-state index contributed by atoms with van der Waals surface area (Å²) in [6.45, 7) is 3.11. The highest BCUT2D eigenvalue weighted by molar-refractivity contribution is 6.30. The van der Waals surface area contributed by atoms with Crippen molar-refractivity contribution in [2.24, 2.45) is 0 Å². The minimum Gasteiger partial charge on any atom is -0.318 e. The third-order valence-electron chi connectivity index (χ3n) is 2.01. The number of halogens is 1. The molecule has 0 amide bonds. The largest absolute Gasteiger partial charge is 0.318 e. The van der Waals surface area contributed by atoms with Crippen LogP contribution in [0.4, 0.5) is 0 Å². The van der Waals surface area contributed by atoms with Gasteiger partial charge in [0.2, 0.25) is 0 Å². The Hall–Kier alpha value is -0.540. The maximum absolute atomic E-state index is 5.80. The molecule has 13 heavy (non-hydrogen) atoms. The van der Waals surface area contributed by atoms with Crippen molar-refractivity contribution in [2.75, 3.05) is 13.6 Å². The Labute approximate surface area is 84.1 Å². The second kappa shape index (κ2) is 5.25. The summed E-state index contributed by atoms with van der Waals surface area (Å²) >= 11 is 5.80. The topological polar surface area (TPSA) is 29.9 Å². The van der Waals surface area contributed by atoms with Crippen LogP contribution in [-0.4, -0.2) is 23.4 Å². The van der Waals surface area contributed by atoms with Gasteiger partial charge in [-0.1, -0.05) is 24.9 Å². The highest BCUT2D eigenvalue weighted by Gasteiger charge is 2.09. The van der Waals surface area contributed by atoms with Gasteiger partial charge in [-0.25, -0.2) is 0 Å². The monoisotopic (exact) mass is 201 g/mol. The maximum atomic E-state index is 5.80. The lowest BCUT2D eigenvalue weighted by Gasteiger charge is -2.15. The maximum Gasteiger partial charge on any atom is 0.0785 e. The number of nitrogens with zero attached hydrogens (tertiary/aromatic N) is 2. The van der Waals surface area contributed by atoms with Crippen molar-refractivity contribution >= 4 is 11.6 Å². The average Bonchev–Trinajstić information content (AvgIpc) is 2.51. The molecule has 1 N–H and O–H groups in total. The standard InChI is InChI=1S/C9H16ClN3/c1-3-4-9(6-11-2)13-7-8(10)5-12-13/h5,7,9,11H,3-4,6H2,1-2H3. The zero-order valence-corrected chi connectivity index (χ0v) is 8.88. The fourth-order valence-corrected chi connectivity index (χ4v) is 1.55. The lowest BCUT2D eigenvalue weighted by Crippen LogP contribution is -2.22. The fourth-order valence-electron chi connectivity index (χ4n) is 1.41. The molecule has 0 saturated heterocycles. The molecule has 4 heteroatoms. The highest BCUT2D eigenvalue weighted by atomic mass is 35.5. The van der Waals surface area contributed by atoms with Crippen LogP contribution in [0.25, 0.3) is 0 Å². The molecule has 0 aliphatic heterocycles. The van der Waals surface area contributed by atoms with Crippen LogP contribution in [0.5, 0.6) is 0 Å². The van der Waals surface area contributed by atoms with Crippen molar-refractivity contribution in [2.45, 2.75) is 25.8 Å². The molecule has 0 bridgehead atoms. The summed E-state index contributed by atoms with van der Waals surface area (Å²) in [5, 5.41) is 8.06. The number of hydrogen-bond acceptors (Lipinski definition) is 2. The SMILES string of the molecule is CCCC(CNC)n1cc(Cl)cn1. The van der Waals surface area contributed by atoms with Crippen LogP contribution in [0.3, 0.4) is 0 Å². The van der Waals surface area contributed by atoms with E-state index in [0.717, 1.165) is 19.4 Å². The van der Waals surface area contributed by atoms with Crippen molar-refractivity contribution in [1.29, 1.82) is 0 Å². The first-order valence-corrected chi connectivity index (χ1v) is 5.00. The smallest absolute Gasteiger partial charge is 0.0785 e. The van der Waals surface area contributed by atoms with E-state index in [-0.39, 0.29) is 0 Å². The summed E-state index contributed by atoms with van der Waals surface area (Å²) in [4.78, 5) is 0. The van der Waals surface area contributed by atoms with E-state index in [2.05, 4.69) is 17.3 Å². The summed E-state index contributed by atoms with van der Waals surface area (Å²) in [6, 6.07) is 0.419. The molecule has 0 aliphatic rings. The van der Waals surface area contributed by atoms with Crippen LogP contribution >= 0.6 is 11.6 Å². The van der Waals surface area contributed by atoms with Crippen LogP contribution in [0.2, 0.25) is 5.02 Å². The Morgan fingerprint density at radius 2 is 2.46 bits per heavy atom. The normalized spacial score (nSPS) is 13.2. The van der Waals surface area contributed by atoms with Gasteiger partial charge >= 0.3 is 0 Å². The number of likely N-dealkylation sites (N-methyl/N-ethyl adjacent to an activating group) is 1. The van der Waals surface area contributed by atoms with Gasteiger partial charge in [-0.05, 0) is 13.5 Å². The number of hydrogen-bond donors (Lipinski definition) is 1. The Balaban J connectivity index is 2.63. The molecule has 1 unspecified atom stereocenters. The first-order valence-electron chi connectivity index (χ1n) is 4.62. The first-order chi connectivity index (χ1) is 6.27. The van der Waals surface area contributed by atoms with Gasteiger partial charge in [0, 0.05) is 12.7 Å². The molecule has 3 nitrogen and oxygen atoms in total. The number of aromatic nitrogens is 2. The van der Waals surface area contributed by atoms with Crippen molar-refractivity contribution in [3.63, 3.8) is 0 Å². The molecule has 0 spiro atoms. The van der Waals surface area contributed by atoms with E-state index < -0.39 is 0 Å². The summed E-state index contributed by atoms with van der Waals surface area (Å²) in [5.41, 5.74) is 0. The van der Waals surface area contributed by atoms with Crippen LogP contribution in [0.1, 0.15) is 25.8 Å². The van der Waals surface area contributed by atoms with Gasteiger partial charge in [0.15, 0.2) is 0 Å². The summed E-state index contributed by atoms with van der Waals surface area (Å²) in [7, 11) is 1.95. The zero-order valence-electron chi connectivity index (χ0n) is 8.13. The van der Waals surface area contributed by atoms with E-state index in [4.69, 9.17) is 11.6 Å². The van der Waals surface area contributed by atoms with Gasteiger partial charge in [0.05, 0.1) is 17.3 Å². The lowest BCUT2D eigenvalue weighted by molar-refractivity contribution is 0.407. The fraction of sp³-hybridized carbons (Fsp3) is 0.667. The molecule has 1 aromatic rings. The van der Waals surface area contributed by atoms with Gasteiger partial charge in [0.1, 0.15) is 0 Å². The Morgan fingerprint density at radius 1 is 1.69 bits per heavy atom. The molecule has 1 rings (SSSR count). The van der Waals surface area contributed by atoms with E-state index in [1.807, 2.05) is 17.9 Å². The molecule has 0 radical (unpaired) electrons. The molecule has 0 aromatic carbocycles. The molecule has 0 fully saturated rings. The van der Waals surface area contributed by atoms with Crippen LogP contribution < -0.4 is 5.32 Å². The van der Waals surface area contributed by atoms with E-state index in [0.29, 0.717) is 11.1 Å². The Bertz CT molecular complexity index is 241. The summed E-state index contributed by atoms with van der Waals surface area (Å²) < 4.78 is 1.93. The number of nitrogens with one attached hydrogen (secondary N) is 1. The van der Waals surface area contributed by atoms with Crippen molar-refractivity contribution in [1.82, 2.24) is 15.1 Å². The van der Waals surface area contributed by atoms with E-state index in [9.17, 15) is 0 Å². The third kappa shape index (κ3) is 3.01. The second-order valence-corrected chi connectivity index (χ2v) is 3.58. The quantitative estimate of drug-likeness (QED) is 0.791. The first kappa shape index (κ1) is 10.5. The number of rotatable bonds is 5. The van der Waals surface area contributed by atoms with E-state index in [1.165, 1.54) is 0 Å². The van der Waals surface area contributed by atoms with Gasteiger partial charge in [-0.3, -0.25) is 4.68 Å². The average molecular weight is 202 g/mol. The van der Waals surface area contributed by atoms with Crippen LogP contribution in [0.15, 0.2) is 12.4 Å². The molecule has 1 heterocycles. The van der Waals surface area contributed by atoms with Gasteiger partial charge in [0.25, 0.3) is 0 Å². The predicted molar refractivity (Wildman–Crippen MR) is 55.1 cm³/mol. The molecule has 1 atom stereocenters. The van der Waals surface area contributed by atoms with Crippen molar-refractivity contribution < 1.29 is 0 Å². The second-order valence-electron chi connectivity index (χ2n) is 3.14. The molecular formula is C9H16ClN3. The van der Waals surface area contributed by atoms with Crippen LogP contribution in [0, 0.1) is 0 Å². The van der Waals surface area contributed by atoms with E-state index >= 15 is 0 Å². The van der Waals surface area contributed by atoms with Crippen molar-refractivity contribution in [3.05, 3.63) is 17.4 Å². The Morgan fingerprint density at radius 3 is 2.92 bits per heavy atom. The highest BCUT2D eigenvalue weighted by Crippen LogP contribution is 2.14. The molecule has 74 valence electrons. The minimum absolute atomic E-state index is 0.419. The van der Waals surface area contributed by atoms with Gasteiger partial charge < -0.3 is 5.32 Å². The van der Waals surface area contributed by atoms with E-state index in [1.54, 1.807) is 6.20 Å². The molecule has 1 aromatic heterocycles. The Kier molecular flexibility index (Phi) is 4.25. The zero-order chi connectivity index (χ0) is 9.68. The minimum atomic E-state index is 0.419. The van der Waals surface area contributed by atoms with Crippen LogP contribution in [-0.2, 0) is 0 Å². The molecular weight excluding hydrogens is 186 g/mol. The summed E-state index contributed by atoms with van der Waals surface area (Å²) in [5.74, 6) is 0.